The Labute approximate surface area is 156 Å². The lowest BCUT2D eigenvalue weighted by atomic mass is 10.1. The summed E-state index contributed by atoms with van der Waals surface area (Å²) in [5.74, 6) is 0.111. The Bertz CT molecular complexity index is 604. The van der Waals surface area contributed by atoms with E-state index in [0.717, 1.165) is 12.0 Å². The minimum absolute atomic E-state index is 0.124. The lowest BCUT2D eigenvalue weighted by Crippen LogP contribution is -2.14. The first-order valence-electron chi connectivity index (χ1n) is 9.23. The summed E-state index contributed by atoms with van der Waals surface area (Å²) >= 11 is 0. The van der Waals surface area contributed by atoms with Crippen LogP contribution in [0.25, 0.3) is 6.08 Å². The molecule has 1 rings (SSSR count). The van der Waals surface area contributed by atoms with E-state index in [9.17, 15) is 9.59 Å². The first kappa shape index (κ1) is 21.7. The Morgan fingerprint density at radius 2 is 1.69 bits per heavy atom. The zero-order valence-electron chi connectivity index (χ0n) is 16.2. The van der Waals surface area contributed by atoms with Crippen molar-refractivity contribution >= 4 is 18.0 Å². The molecule has 5 nitrogen and oxygen atoms in total. The molecule has 0 aliphatic rings. The second-order valence-electron chi connectivity index (χ2n) is 6.45. The van der Waals surface area contributed by atoms with E-state index in [1.165, 1.54) is 0 Å². The Hall–Kier alpha value is -2.30. The van der Waals surface area contributed by atoms with Crippen LogP contribution in [-0.2, 0) is 19.1 Å². The maximum absolute atomic E-state index is 12.4. The third-order valence-electron chi connectivity index (χ3n) is 3.32. The fraction of sp³-hybridized carbons (Fsp3) is 0.524. The minimum Gasteiger partial charge on any atom is -0.493 e. The van der Waals surface area contributed by atoms with Crippen molar-refractivity contribution in [3.05, 3.63) is 35.4 Å². The maximum Gasteiger partial charge on any atom is 0.334 e. The van der Waals surface area contributed by atoms with Crippen molar-refractivity contribution in [1.29, 1.82) is 0 Å². The van der Waals surface area contributed by atoms with Crippen molar-refractivity contribution in [1.82, 2.24) is 0 Å². The van der Waals surface area contributed by atoms with Gasteiger partial charge < -0.3 is 14.2 Å². The summed E-state index contributed by atoms with van der Waals surface area (Å²) in [5.41, 5.74) is 1.00. The van der Waals surface area contributed by atoms with E-state index in [2.05, 4.69) is 13.8 Å². The molecule has 0 aliphatic heterocycles. The quantitative estimate of drug-likeness (QED) is 0.431. The van der Waals surface area contributed by atoms with E-state index in [1.54, 1.807) is 6.08 Å². The molecule has 144 valence electrons. The van der Waals surface area contributed by atoms with Gasteiger partial charge in [0.15, 0.2) is 0 Å². The summed E-state index contributed by atoms with van der Waals surface area (Å²) in [5, 5.41) is 0. The molecule has 0 aromatic heterocycles. The summed E-state index contributed by atoms with van der Waals surface area (Å²) in [6, 6.07) is 7.43. The highest BCUT2D eigenvalue weighted by Gasteiger charge is 2.17. The first-order chi connectivity index (χ1) is 12.5. The zero-order valence-corrected chi connectivity index (χ0v) is 16.2. The molecule has 0 amide bonds. The van der Waals surface area contributed by atoms with Crippen molar-refractivity contribution < 1.29 is 23.8 Å². The van der Waals surface area contributed by atoms with Crippen LogP contribution in [0.3, 0.4) is 0 Å². The molecule has 0 bridgehead atoms. The van der Waals surface area contributed by atoms with Gasteiger partial charge in [-0.15, -0.1) is 0 Å². The molecule has 0 heterocycles. The molecule has 0 aliphatic carbocycles. The van der Waals surface area contributed by atoms with Crippen LogP contribution in [0, 0.1) is 5.92 Å². The number of ether oxygens (including phenoxy) is 3. The number of benzene rings is 1. The van der Waals surface area contributed by atoms with Gasteiger partial charge in [-0.25, -0.2) is 4.79 Å². The van der Waals surface area contributed by atoms with Gasteiger partial charge in [-0.2, -0.15) is 0 Å². The van der Waals surface area contributed by atoms with Crippen LogP contribution in [0.15, 0.2) is 29.8 Å². The molecule has 0 saturated carbocycles. The highest BCUT2D eigenvalue weighted by atomic mass is 16.5. The van der Waals surface area contributed by atoms with Gasteiger partial charge in [0.25, 0.3) is 0 Å². The smallest absolute Gasteiger partial charge is 0.334 e. The van der Waals surface area contributed by atoms with Crippen molar-refractivity contribution in [3.8, 4) is 5.75 Å². The van der Waals surface area contributed by atoms with Crippen molar-refractivity contribution in [2.24, 2.45) is 5.92 Å². The van der Waals surface area contributed by atoms with Crippen LogP contribution in [-0.4, -0.2) is 31.8 Å². The lowest BCUT2D eigenvalue weighted by molar-refractivity contribution is -0.146. The molecule has 0 atom stereocenters. The van der Waals surface area contributed by atoms with Gasteiger partial charge in [-0.3, -0.25) is 4.79 Å². The monoisotopic (exact) mass is 362 g/mol. The van der Waals surface area contributed by atoms with Crippen LogP contribution in [0.4, 0.5) is 0 Å². The van der Waals surface area contributed by atoms with Gasteiger partial charge in [0, 0.05) is 11.1 Å². The molecular weight excluding hydrogens is 332 g/mol. The molecule has 26 heavy (non-hydrogen) atoms. The van der Waals surface area contributed by atoms with Crippen molar-refractivity contribution in [3.63, 3.8) is 0 Å². The molecular formula is C21H30O5. The van der Waals surface area contributed by atoms with E-state index in [0.29, 0.717) is 37.9 Å². The number of para-hydroxylation sites is 1. The van der Waals surface area contributed by atoms with Crippen LogP contribution >= 0.6 is 0 Å². The van der Waals surface area contributed by atoms with Gasteiger partial charge in [0.2, 0.25) is 0 Å². The second-order valence-corrected chi connectivity index (χ2v) is 6.45. The fourth-order valence-corrected chi connectivity index (χ4v) is 2.07. The van der Waals surface area contributed by atoms with Gasteiger partial charge in [-0.05, 0) is 30.9 Å². The van der Waals surface area contributed by atoms with Gasteiger partial charge in [-0.1, -0.05) is 45.9 Å². The van der Waals surface area contributed by atoms with Crippen molar-refractivity contribution in [2.45, 2.75) is 47.0 Å². The number of hydrogen-bond donors (Lipinski definition) is 0. The number of carbonyl (C=O) groups is 2. The molecule has 0 saturated heterocycles. The first-order valence-corrected chi connectivity index (χ1v) is 9.23. The Morgan fingerprint density at radius 1 is 1.04 bits per heavy atom. The zero-order chi connectivity index (χ0) is 19.4. The standard InChI is InChI=1S/C21H30O5/c1-5-11-24-20(22)14-18(21(23)25-12-6-2)13-17-9-7-8-10-19(17)26-15-16(3)4/h7-10,13,16H,5-6,11-12,14-15H2,1-4H3. The van der Waals surface area contributed by atoms with Crippen LogP contribution < -0.4 is 4.74 Å². The Balaban J connectivity index is 3.04. The third kappa shape index (κ3) is 8.19. The van der Waals surface area contributed by atoms with Crippen LogP contribution in [0.1, 0.15) is 52.5 Å². The Kier molecular flexibility index (Phi) is 10.1. The lowest BCUT2D eigenvalue weighted by Gasteiger charge is -2.13. The SMILES string of the molecule is CCCOC(=O)CC(=Cc1ccccc1OCC(C)C)C(=O)OCCC. The second kappa shape index (κ2) is 12.1. The highest BCUT2D eigenvalue weighted by molar-refractivity contribution is 5.98. The average Bonchev–Trinajstić information content (AvgIpc) is 2.63. The Morgan fingerprint density at radius 3 is 2.35 bits per heavy atom. The molecule has 0 N–H and O–H groups in total. The van der Waals surface area contributed by atoms with E-state index >= 15 is 0 Å². The molecule has 0 fully saturated rings. The molecule has 0 spiro atoms. The predicted molar refractivity (Wildman–Crippen MR) is 102 cm³/mol. The summed E-state index contributed by atoms with van der Waals surface area (Å²) in [7, 11) is 0. The summed E-state index contributed by atoms with van der Waals surface area (Å²) < 4.78 is 16.1. The number of hydrogen-bond acceptors (Lipinski definition) is 5. The van der Waals surface area contributed by atoms with Gasteiger partial charge in [0.1, 0.15) is 5.75 Å². The van der Waals surface area contributed by atoms with Gasteiger partial charge >= 0.3 is 11.9 Å². The van der Waals surface area contributed by atoms with E-state index in [4.69, 9.17) is 14.2 Å². The number of rotatable bonds is 11. The fourth-order valence-electron chi connectivity index (χ4n) is 2.07. The molecule has 0 unspecified atom stereocenters. The summed E-state index contributed by atoms with van der Waals surface area (Å²) in [6.07, 6.45) is 2.98. The van der Waals surface area contributed by atoms with E-state index in [-0.39, 0.29) is 12.0 Å². The van der Waals surface area contributed by atoms with E-state index in [1.807, 2.05) is 38.1 Å². The predicted octanol–water partition coefficient (Wildman–Crippen LogP) is 4.40. The molecule has 1 aromatic rings. The van der Waals surface area contributed by atoms with Crippen molar-refractivity contribution in [2.75, 3.05) is 19.8 Å². The summed E-state index contributed by atoms with van der Waals surface area (Å²) in [4.78, 5) is 24.3. The van der Waals surface area contributed by atoms with Crippen LogP contribution in [0.5, 0.6) is 5.75 Å². The highest BCUT2D eigenvalue weighted by Crippen LogP contribution is 2.23. The maximum atomic E-state index is 12.4. The third-order valence-corrected chi connectivity index (χ3v) is 3.32. The summed E-state index contributed by atoms with van der Waals surface area (Å²) in [6.45, 7) is 9.18. The van der Waals surface area contributed by atoms with Crippen LogP contribution in [0.2, 0.25) is 0 Å². The number of carbonyl (C=O) groups excluding carboxylic acids is 2. The van der Waals surface area contributed by atoms with E-state index < -0.39 is 11.9 Å². The number of esters is 2. The topological polar surface area (TPSA) is 61.8 Å². The normalized spacial score (nSPS) is 11.3. The van der Waals surface area contributed by atoms with Gasteiger partial charge in [0.05, 0.1) is 26.2 Å². The average molecular weight is 362 g/mol. The largest absolute Gasteiger partial charge is 0.493 e. The molecule has 0 radical (unpaired) electrons. The molecule has 1 aromatic carbocycles. The minimum atomic E-state index is -0.501. The molecule has 5 heteroatoms.